The quantitative estimate of drug-likeness (QED) is 0.631. The number of nitrogens with one attached hydrogen (secondary N) is 1. The normalized spacial score (nSPS) is 12.0. The Morgan fingerprint density at radius 1 is 1.30 bits per heavy atom. The molecule has 27 heavy (non-hydrogen) atoms. The standard InChI is InChI=1S/C18H20FN3O3S2/c1-11(2)7-8-20-27(23,24)16-10-15(26-12(16)3)18-21-17(22-25-18)13-5-4-6-14(19)9-13/h4-6,9-11,20H,7-8H2,1-3H3. The van der Waals surface area contributed by atoms with Crippen molar-refractivity contribution in [1.29, 1.82) is 0 Å². The second-order valence-corrected chi connectivity index (χ2v) is 9.54. The van der Waals surface area contributed by atoms with Gasteiger partial charge in [-0.2, -0.15) is 4.98 Å². The summed E-state index contributed by atoms with van der Waals surface area (Å²) >= 11 is 1.26. The van der Waals surface area contributed by atoms with E-state index in [1.54, 1.807) is 19.1 Å². The van der Waals surface area contributed by atoms with Gasteiger partial charge in [-0.05, 0) is 37.5 Å². The highest BCUT2D eigenvalue weighted by molar-refractivity contribution is 7.89. The first-order valence-corrected chi connectivity index (χ1v) is 10.8. The highest BCUT2D eigenvalue weighted by Crippen LogP contribution is 2.33. The van der Waals surface area contributed by atoms with Crippen LogP contribution in [0.2, 0.25) is 0 Å². The molecule has 0 saturated carbocycles. The van der Waals surface area contributed by atoms with Crippen LogP contribution in [0.4, 0.5) is 4.39 Å². The number of rotatable bonds is 7. The summed E-state index contributed by atoms with van der Waals surface area (Å²) < 4.78 is 46.3. The molecule has 0 radical (unpaired) electrons. The molecule has 9 heteroatoms. The SMILES string of the molecule is Cc1sc(-c2nc(-c3cccc(F)c3)no2)cc1S(=O)(=O)NCCC(C)C. The van der Waals surface area contributed by atoms with Crippen LogP contribution < -0.4 is 4.72 Å². The fourth-order valence-electron chi connectivity index (χ4n) is 2.47. The molecule has 0 amide bonds. The van der Waals surface area contributed by atoms with Crippen LogP contribution in [0, 0.1) is 18.7 Å². The van der Waals surface area contributed by atoms with Crippen LogP contribution in [0.15, 0.2) is 39.8 Å². The van der Waals surface area contributed by atoms with E-state index in [0.717, 1.165) is 6.42 Å². The molecule has 0 spiro atoms. The first kappa shape index (κ1) is 19.7. The van der Waals surface area contributed by atoms with Crippen molar-refractivity contribution < 1.29 is 17.3 Å². The van der Waals surface area contributed by atoms with Crippen molar-refractivity contribution in [2.24, 2.45) is 5.92 Å². The van der Waals surface area contributed by atoms with Crippen LogP contribution in [0.25, 0.3) is 22.2 Å². The van der Waals surface area contributed by atoms with Crippen molar-refractivity contribution in [3.63, 3.8) is 0 Å². The summed E-state index contributed by atoms with van der Waals surface area (Å²) in [6, 6.07) is 7.40. The molecule has 1 aromatic carbocycles. The van der Waals surface area contributed by atoms with E-state index in [4.69, 9.17) is 4.52 Å². The molecule has 0 aliphatic heterocycles. The third-order valence-corrected chi connectivity index (χ3v) is 6.65. The largest absolute Gasteiger partial charge is 0.333 e. The minimum Gasteiger partial charge on any atom is -0.333 e. The van der Waals surface area contributed by atoms with Gasteiger partial charge in [-0.3, -0.25) is 0 Å². The highest BCUT2D eigenvalue weighted by Gasteiger charge is 2.22. The van der Waals surface area contributed by atoms with Crippen LogP contribution in [0.1, 0.15) is 25.1 Å². The predicted octanol–water partition coefficient (Wildman–Crippen LogP) is 4.24. The number of hydrogen-bond acceptors (Lipinski definition) is 6. The average molecular weight is 410 g/mol. The van der Waals surface area contributed by atoms with Crippen molar-refractivity contribution in [3.05, 3.63) is 41.0 Å². The Morgan fingerprint density at radius 2 is 2.07 bits per heavy atom. The van der Waals surface area contributed by atoms with Crippen molar-refractivity contribution in [3.8, 4) is 22.2 Å². The maximum atomic E-state index is 13.4. The maximum absolute atomic E-state index is 13.4. The van der Waals surface area contributed by atoms with Gasteiger partial charge in [-0.1, -0.05) is 31.1 Å². The summed E-state index contributed by atoms with van der Waals surface area (Å²) in [5.41, 5.74) is 0.487. The van der Waals surface area contributed by atoms with Gasteiger partial charge in [-0.15, -0.1) is 11.3 Å². The molecule has 0 atom stereocenters. The molecule has 0 fully saturated rings. The molecule has 3 rings (SSSR count). The lowest BCUT2D eigenvalue weighted by molar-refractivity contribution is 0.433. The number of sulfonamides is 1. The summed E-state index contributed by atoms with van der Waals surface area (Å²) in [7, 11) is -3.60. The van der Waals surface area contributed by atoms with E-state index < -0.39 is 15.8 Å². The summed E-state index contributed by atoms with van der Waals surface area (Å²) in [5, 5.41) is 3.86. The lowest BCUT2D eigenvalue weighted by atomic mass is 10.1. The molecule has 0 unspecified atom stereocenters. The molecule has 0 saturated heterocycles. The molecule has 0 bridgehead atoms. The number of halogens is 1. The summed E-state index contributed by atoms with van der Waals surface area (Å²) in [6.07, 6.45) is 0.760. The Labute approximate surface area is 161 Å². The smallest absolute Gasteiger partial charge is 0.268 e. The van der Waals surface area contributed by atoms with Gasteiger partial charge in [0.15, 0.2) is 0 Å². The molecule has 0 aliphatic rings. The minimum absolute atomic E-state index is 0.200. The molecule has 0 aliphatic carbocycles. The van der Waals surface area contributed by atoms with E-state index in [0.29, 0.717) is 27.8 Å². The topological polar surface area (TPSA) is 85.1 Å². The monoisotopic (exact) mass is 409 g/mol. The fraction of sp³-hybridized carbons (Fsp3) is 0.333. The Balaban J connectivity index is 1.84. The maximum Gasteiger partial charge on any atom is 0.268 e. The summed E-state index contributed by atoms with van der Waals surface area (Å²) in [6.45, 7) is 6.19. The highest BCUT2D eigenvalue weighted by atomic mass is 32.2. The van der Waals surface area contributed by atoms with Crippen LogP contribution in [0.5, 0.6) is 0 Å². The first-order chi connectivity index (χ1) is 12.8. The Morgan fingerprint density at radius 3 is 2.78 bits per heavy atom. The van der Waals surface area contributed by atoms with Crippen molar-refractivity contribution in [2.45, 2.75) is 32.1 Å². The van der Waals surface area contributed by atoms with Gasteiger partial charge in [-0.25, -0.2) is 17.5 Å². The molecule has 1 N–H and O–H groups in total. The third-order valence-electron chi connectivity index (χ3n) is 3.90. The molecule has 2 aromatic heterocycles. The van der Waals surface area contributed by atoms with E-state index in [2.05, 4.69) is 14.9 Å². The van der Waals surface area contributed by atoms with Crippen molar-refractivity contribution in [1.82, 2.24) is 14.9 Å². The minimum atomic E-state index is -3.60. The van der Waals surface area contributed by atoms with Gasteiger partial charge in [0, 0.05) is 17.0 Å². The van der Waals surface area contributed by atoms with Gasteiger partial charge in [0.05, 0.1) is 9.77 Å². The molecular formula is C18H20FN3O3S2. The van der Waals surface area contributed by atoms with Gasteiger partial charge < -0.3 is 4.52 Å². The zero-order valence-corrected chi connectivity index (χ0v) is 16.8. The molecule has 2 heterocycles. The van der Waals surface area contributed by atoms with Crippen molar-refractivity contribution in [2.75, 3.05) is 6.54 Å². The zero-order valence-electron chi connectivity index (χ0n) is 15.2. The van der Waals surface area contributed by atoms with Gasteiger partial charge in [0.1, 0.15) is 5.82 Å². The summed E-state index contributed by atoms with van der Waals surface area (Å²) in [4.78, 5) is 5.65. The number of benzene rings is 1. The average Bonchev–Trinajstić information content (AvgIpc) is 3.21. The van der Waals surface area contributed by atoms with E-state index in [1.165, 1.54) is 29.5 Å². The second-order valence-electron chi connectivity index (χ2n) is 6.54. The van der Waals surface area contributed by atoms with E-state index >= 15 is 0 Å². The number of aryl methyl sites for hydroxylation is 1. The Bertz CT molecular complexity index is 1040. The third kappa shape index (κ3) is 4.60. The van der Waals surface area contributed by atoms with E-state index in [9.17, 15) is 12.8 Å². The number of aromatic nitrogens is 2. The fourth-order valence-corrected chi connectivity index (χ4v) is 5.02. The summed E-state index contributed by atoms with van der Waals surface area (Å²) in [5.74, 6) is 0.458. The van der Waals surface area contributed by atoms with Crippen LogP contribution in [-0.4, -0.2) is 25.1 Å². The molecular weight excluding hydrogens is 389 g/mol. The molecule has 144 valence electrons. The number of hydrogen-bond donors (Lipinski definition) is 1. The van der Waals surface area contributed by atoms with Crippen LogP contribution in [-0.2, 0) is 10.0 Å². The van der Waals surface area contributed by atoms with Gasteiger partial charge in [0.25, 0.3) is 5.89 Å². The van der Waals surface area contributed by atoms with Gasteiger partial charge >= 0.3 is 0 Å². The van der Waals surface area contributed by atoms with Gasteiger partial charge in [0.2, 0.25) is 15.8 Å². The van der Waals surface area contributed by atoms with Crippen molar-refractivity contribution >= 4 is 21.4 Å². The molecule has 3 aromatic rings. The number of nitrogens with zero attached hydrogens (tertiary/aromatic N) is 2. The molecule has 6 nitrogen and oxygen atoms in total. The zero-order chi connectivity index (χ0) is 19.6. The predicted molar refractivity (Wildman–Crippen MR) is 102 cm³/mol. The van der Waals surface area contributed by atoms with Crippen LogP contribution >= 0.6 is 11.3 Å². The second kappa shape index (κ2) is 7.87. The van der Waals surface area contributed by atoms with E-state index in [-0.39, 0.29) is 16.6 Å². The van der Waals surface area contributed by atoms with E-state index in [1.807, 2.05) is 13.8 Å². The first-order valence-electron chi connectivity index (χ1n) is 8.46. The lowest BCUT2D eigenvalue weighted by Gasteiger charge is -2.07. The Kier molecular flexibility index (Phi) is 5.73. The number of thiophene rings is 1. The van der Waals surface area contributed by atoms with Crippen LogP contribution in [0.3, 0.4) is 0 Å². The Hall–Kier alpha value is -2.10. The lowest BCUT2D eigenvalue weighted by Crippen LogP contribution is -2.25.